The SMILES string of the molecule is CNC(=O)C(C)Nc1ncnc2cc(C(=O)O)ccc12. The number of nitrogens with zero attached hydrogens (tertiary/aromatic N) is 2. The summed E-state index contributed by atoms with van der Waals surface area (Å²) < 4.78 is 0. The van der Waals surface area contributed by atoms with Crippen LogP contribution in [0.2, 0.25) is 0 Å². The van der Waals surface area contributed by atoms with E-state index in [2.05, 4.69) is 20.6 Å². The monoisotopic (exact) mass is 274 g/mol. The molecule has 0 saturated carbocycles. The molecule has 0 fully saturated rings. The highest BCUT2D eigenvalue weighted by molar-refractivity contribution is 5.97. The number of aromatic carboxylic acids is 1. The average Bonchev–Trinajstić information content (AvgIpc) is 2.45. The van der Waals surface area contributed by atoms with Crippen molar-refractivity contribution in [2.24, 2.45) is 0 Å². The van der Waals surface area contributed by atoms with E-state index in [1.165, 1.54) is 18.5 Å². The third-order valence-electron chi connectivity index (χ3n) is 2.88. The number of hydrogen-bond donors (Lipinski definition) is 3. The molecule has 1 unspecified atom stereocenters. The Morgan fingerprint density at radius 1 is 1.30 bits per heavy atom. The minimum absolute atomic E-state index is 0.154. The van der Waals surface area contributed by atoms with Crippen molar-refractivity contribution in [3.05, 3.63) is 30.1 Å². The molecular weight excluding hydrogens is 260 g/mol. The van der Waals surface area contributed by atoms with E-state index in [1.807, 2.05) is 0 Å². The van der Waals surface area contributed by atoms with Crippen LogP contribution in [0, 0.1) is 0 Å². The minimum atomic E-state index is -1.02. The van der Waals surface area contributed by atoms with Gasteiger partial charge in [-0.2, -0.15) is 0 Å². The Hall–Kier alpha value is -2.70. The molecule has 0 aliphatic rings. The number of carbonyl (C=O) groups is 2. The summed E-state index contributed by atoms with van der Waals surface area (Å²) >= 11 is 0. The third-order valence-corrected chi connectivity index (χ3v) is 2.88. The highest BCUT2D eigenvalue weighted by Crippen LogP contribution is 2.21. The molecule has 1 aromatic carbocycles. The van der Waals surface area contributed by atoms with Crippen LogP contribution in [0.3, 0.4) is 0 Å². The number of amides is 1. The molecule has 2 rings (SSSR count). The highest BCUT2D eigenvalue weighted by atomic mass is 16.4. The molecule has 7 nitrogen and oxygen atoms in total. The van der Waals surface area contributed by atoms with E-state index in [-0.39, 0.29) is 11.5 Å². The van der Waals surface area contributed by atoms with E-state index in [1.54, 1.807) is 20.0 Å². The van der Waals surface area contributed by atoms with Gasteiger partial charge < -0.3 is 15.7 Å². The van der Waals surface area contributed by atoms with Crippen molar-refractivity contribution in [2.75, 3.05) is 12.4 Å². The number of hydrogen-bond acceptors (Lipinski definition) is 5. The quantitative estimate of drug-likeness (QED) is 0.764. The van der Waals surface area contributed by atoms with Gasteiger partial charge in [0, 0.05) is 12.4 Å². The zero-order chi connectivity index (χ0) is 14.7. The number of carboxylic acids is 1. The van der Waals surface area contributed by atoms with Crippen LogP contribution in [0.4, 0.5) is 5.82 Å². The van der Waals surface area contributed by atoms with Gasteiger partial charge in [0.1, 0.15) is 18.2 Å². The van der Waals surface area contributed by atoms with Crippen molar-refractivity contribution < 1.29 is 14.7 Å². The molecule has 2 aromatic rings. The van der Waals surface area contributed by atoms with Crippen molar-refractivity contribution in [1.82, 2.24) is 15.3 Å². The molecule has 0 saturated heterocycles. The lowest BCUT2D eigenvalue weighted by molar-refractivity contribution is -0.121. The maximum Gasteiger partial charge on any atom is 0.335 e. The first kappa shape index (κ1) is 13.7. The summed E-state index contributed by atoms with van der Waals surface area (Å²) in [5.41, 5.74) is 0.660. The van der Waals surface area contributed by atoms with Gasteiger partial charge in [0.05, 0.1) is 11.1 Å². The molecule has 0 radical (unpaired) electrons. The van der Waals surface area contributed by atoms with Crippen LogP contribution in [-0.2, 0) is 4.79 Å². The molecule has 1 atom stereocenters. The molecule has 0 spiro atoms. The lowest BCUT2D eigenvalue weighted by Crippen LogP contribution is -2.35. The van der Waals surface area contributed by atoms with Crippen LogP contribution in [0.15, 0.2) is 24.5 Å². The van der Waals surface area contributed by atoms with Gasteiger partial charge in [0.15, 0.2) is 0 Å². The summed E-state index contributed by atoms with van der Waals surface area (Å²) in [7, 11) is 1.55. The van der Waals surface area contributed by atoms with Crippen molar-refractivity contribution in [2.45, 2.75) is 13.0 Å². The Balaban J connectivity index is 2.40. The topological polar surface area (TPSA) is 104 Å². The number of rotatable bonds is 4. The molecule has 0 aliphatic heterocycles. The zero-order valence-electron chi connectivity index (χ0n) is 11.0. The predicted octanol–water partition coefficient (Wildman–Crippen LogP) is 0.874. The number of carbonyl (C=O) groups excluding carboxylic acids is 1. The minimum Gasteiger partial charge on any atom is -0.478 e. The first-order chi connectivity index (χ1) is 9.52. The van der Waals surface area contributed by atoms with Crippen molar-refractivity contribution in [1.29, 1.82) is 0 Å². The van der Waals surface area contributed by atoms with Gasteiger partial charge in [-0.05, 0) is 25.1 Å². The number of benzene rings is 1. The van der Waals surface area contributed by atoms with Crippen LogP contribution in [-0.4, -0.2) is 40.0 Å². The molecule has 1 heterocycles. The van der Waals surface area contributed by atoms with Crippen molar-refractivity contribution >= 4 is 28.6 Å². The Bertz CT molecular complexity index is 672. The summed E-state index contributed by atoms with van der Waals surface area (Å²) in [6.45, 7) is 1.71. The van der Waals surface area contributed by atoms with Crippen LogP contribution in [0.5, 0.6) is 0 Å². The highest BCUT2D eigenvalue weighted by Gasteiger charge is 2.14. The van der Waals surface area contributed by atoms with Gasteiger partial charge in [-0.15, -0.1) is 0 Å². The summed E-state index contributed by atoms with van der Waals surface area (Å²) in [6, 6.07) is 4.11. The lowest BCUT2D eigenvalue weighted by Gasteiger charge is -2.14. The maximum absolute atomic E-state index is 11.5. The lowest BCUT2D eigenvalue weighted by atomic mass is 10.1. The van der Waals surface area contributed by atoms with Gasteiger partial charge in [0.25, 0.3) is 0 Å². The standard InChI is InChI=1S/C13H14N4O3/c1-7(12(18)14-2)17-11-9-4-3-8(13(19)20)5-10(9)15-6-16-11/h3-7H,1-2H3,(H,14,18)(H,19,20)(H,15,16,17). The molecule has 20 heavy (non-hydrogen) atoms. The fourth-order valence-corrected chi connectivity index (χ4v) is 1.79. The van der Waals surface area contributed by atoms with E-state index in [0.29, 0.717) is 16.7 Å². The van der Waals surface area contributed by atoms with E-state index >= 15 is 0 Å². The third kappa shape index (κ3) is 2.66. The molecule has 0 aliphatic carbocycles. The van der Waals surface area contributed by atoms with Gasteiger partial charge in [-0.3, -0.25) is 4.79 Å². The van der Waals surface area contributed by atoms with Crippen LogP contribution in [0.25, 0.3) is 10.9 Å². The maximum atomic E-state index is 11.5. The Morgan fingerprint density at radius 2 is 2.05 bits per heavy atom. The van der Waals surface area contributed by atoms with Gasteiger partial charge >= 0.3 is 5.97 Å². The number of carboxylic acid groups (broad SMARTS) is 1. The van der Waals surface area contributed by atoms with Gasteiger partial charge in [-0.25, -0.2) is 14.8 Å². The molecule has 104 valence electrons. The summed E-state index contributed by atoms with van der Waals surface area (Å²) in [5.74, 6) is -0.694. The fourth-order valence-electron chi connectivity index (χ4n) is 1.79. The number of aromatic nitrogens is 2. The Kier molecular flexibility index (Phi) is 3.79. The summed E-state index contributed by atoms with van der Waals surface area (Å²) in [6.07, 6.45) is 1.33. The Labute approximate surface area is 115 Å². The van der Waals surface area contributed by atoms with Gasteiger partial charge in [-0.1, -0.05) is 0 Å². The molecular formula is C13H14N4O3. The zero-order valence-corrected chi connectivity index (χ0v) is 11.0. The molecule has 3 N–H and O–H groups in total. The average molecular weight is 274 g/mol. The second-order valence-electron chi connectivity index (χ2n) is 4.24. The summed E-state index contributed by atoms with van der Waals surface area (Å²) in [4.78, 5) is 30.6. The smallest absolute Gasteiger partial charge is 0.335 e. The van der Waals surface area contributed by atoms with Crippen molar-refractivity contribution in [3.63, 3.8) is 0 Å². The van der Waals surface area contributed by atoms with E-state index in [0.717, 1.165) is 0 Å². The van der Waals surface area contributed by atoms with Crippen LogP contribution < -0.4 is 10.6 Å². The van der Waals surface area contributed by atoms with Crippen molar-refractivity contribution in [3.8, 4) is 0 Å². The number of nitrogens with one attached hydrogen (secondary N) is 2. The Morgan fingerprint density at radius 3 is 2.70 bits per heavy atom. The van der Waals surface area contributed by atoms with Crippen LogP contribution >= 0.6 is 0 Å². The number of anilines is 1. The summed E-state index contributed by atoms with van der Waals surface area (Å²) in [5, 5.41) is 15.1. The second-order valence-corrected chi connectivity index (χ2v) is 4.24. The predicted molar refractivity (Wildman–Crippen MR) is 73.6 cm³/mol. The largest absolute Gasteiger partial charge is 0.478 e. The molecule has 1 aromatic heterocycles. The van der Waals surface area contributed by atoms with E-state index in [4.69, 9.17) is 5.11 Å². The molecule has 0 bridgehead atoms. The van der Waals surface area contributed by atoms with E-state index in [9.17, 15) is 9.59 Å². The second kappa shape index (κ2) is 5.52. The number of likely N-dealkylation sites (N-methyl/N-ethyl adjacent to an activating group) is 1. The van der Waals surface area contributed by atoms with Crippen LogP contribution in [0.1, 0.15) is 17.3 Å². The molecule has 7 heteroatoms. The first-order valence-corrected chi connectivity index (χ1v) is 5.99. The van der Waals surface area contributed by atoms with Gasteiger partial charge in [0.2, 0.25) is 5.91 Å². The normalized spacial score (nSPS) is 11.9. The number of fused-ring (bicyclic) bond motifs is 1. The first-order valence-electron chi connectivity index (χ1n) is 5.99. The molecule has 1 amide bonds. The fraction of sp³-hybridized carbons (Fsp3) is 0.231. The van der Waals surface area contributed by atoms with E-state index < -0.39 is 12.0 Å².